The lowest BCUT2D eigenvalue weighted by Gasteiger charge is -1.98. The molecule has 2 aromatic carbocycles. The predicted molar refractivity (Wildman–Crippen MR) is 85.4 cm³/mol. The van der Waals surface area contributed by atoms with E-state index in [1.807, 2.05) is 30.3 Å². The molecule has 0 fully saturated rings. The summed E-state index contributed by atoms with van der Waals surface area (Å²) in [6.45, 7) is -0.144. The highest BCUT2D eigenvalue weighted by molar-refractivity contribution is 5.82. The molecule has 0 bridgehead atoms. The Bertz CT molecular complexity index is 862. The Kier molecular flexibility index (Phi) is 4.66. The Morgan fingerprint density at radius 1 is 1.17 bits per heavy atom. The molecule has 0 aliphatic heterocycles. The third kappa shape index (κ3) is 3.86. The lowest BCUT2D eigenvalue weighted by molar-refractivity contribution is -0.122. The molecule has 0 aliphatic rings. The average molecular weight is 324 g/mol. The van der Waals surface area contributed by atoms with Gasteiger partial charge in [0.25, 0.3) is 5.91 Å². The molecule has 7 nitrogen and oxygen atoms in total. The second-order valence-electron chi connectivity index (χ2n) is 4.82. The summed E-state index contributed by atoms with van der Waals surface area (Å²) in [4.78, 5) is 12.9. The molecule has 1 amide bonds. The van der Waals surface area contributed by atoms with Gasteiger partial charge in [-0.05, 0) is 11.3 Å². The Labute approximate surface area is 136 Å². The number of rotatable bonds is 5. The number of hydrogen-bond donors (Lipinski definition) is 1. The topological polar surface area (TPSA) is 85.1 Å². The van der Waals surface area contributed by atoms with Gasteiger partial charge in [-0.25, -0.2) is 9.82 Å². The fraction of sp³-hybridized carbons (Fsp3) is 0.0625. The summed E-state index contributed by atoms with van der Waals surface area (Å²) in [6, 6.07) is 15.4. The number of nitrogens with zero attached hydrogens (tertiary/aromatic N) is 5. The van der Waals surface area contributed by atoms with Gasteiger partial charge in [0.2, 0.25) is 5.82 Å². The predicted octanol–water partition coefficient (Wildman–Crippen LogP) is 1.63. The Hall–Kier alpha value is -3.42. The molecular formula is C16H13FN6O. The minimum atomic E-state index is -0.445. The number of tetrazole rings is 1. The van der Waals surface area contributed by atoms with Crippen molar-refractivity contribution in [3.63, 3.8) is 0 Å². The first-order valence-electron chi connectivity index (χ1n) is 7.12. The molecule has 8 heteroatoms. The molecule has 1 heterocycles. The maximum atomic E-state index is 13.4. The van der Waals surface area contributed by atoms with Crippen molar-refractivity contribution < 1.29 is 9.18 Å². The molecule has 3 aromatic rings. The van der Waals surface area contributed by atoms with Crippen molar-refractivity contribution in [2.45, 2.75) is 6.54 Å². The van der Waals surface area contributed by atoms with E-state index in [1.54, 1.807) is 18.2 Å². The summed E-state index contributed by atoms with van der Waals surface area (Å²) in [5.41, 5.74) is 3.38. The van der Waals surface area contributed by atoms with E-state index >= 15 is 0 Å². The van der Waals surface area contributed by atoms with Gasteiger partial charge in [-0.3, -0.25) is 4.79 Å². The van der Waals surface area contributed by atoms with Gasteiger partial charge in [0, 0.05) is 11.1 Å². The largest absolute Gasteiger partial charge is 0.271 e. The molecule has 0 unspecified atom stereocenters. The van der Waals surface area contributed by atoms with Crippen LogP contribution in [0, 0.1) is 5.82 Å². The van der Waals surface area contributed by atoms with Gasteiger partial charge in [-0.15, -0.1) is 10.2 Å². The van der Waals surface area contributed by atoms with Crippen molar-refractivity contribution in [2.24, 2.45) is 5.10 Å². The smallest absolute Gasteiger partial charge is 0.263 e. The molecule has 120 valence electrons. The lowest BCUT2D eigenvalue weighted by atomic mass is 10.2. The van der Waals surface area contributed by atoms with Crippen molar-refractivity contribution in [2.75, 3.05) is 0 Å². The van der Waals surface area contributed by atoms with Crippen LogP contribution in [0.5, 0.6) is 0 Å². The lowest BCUT2D eigenvalue weighted by Crippen LogP contribution is -2.24. The fourth-order valence-corrected chi connectivity index (χ4v) is 1.93. The first-order chi connectivity index (χ1) is 11.7. The molecule has 0 saturated carbocycles. The molecule has 1 N–H and O–H groups in total. The van der Waals surface area contributed by atoms with E-state index in [-0.39, 0.29) is 12.1 Å². The van der Waals surface area contributed by atoms with E-state index in [1.165, 1.54) is 12.3 Å². The molecule has 0 saturated heterocycles. The number of aromatic nitrogens is 4. The van der Waals surface area contributed by atoms with Crippen LogP contribution < -0.4 is 5.43 Å². The zero-order chi connectivity index (χ0) is 16.8. The summed E-state index contributed by atoms with van der Waals surface area (Å²) in [5.74, 6) is -0.432. The maximum Gasteiger partial charge on any atom is 0.263 e. The third-order valence-corrected chi connectivity index (χ3v) is 3.07. The van der Waals surface area contributed by atoms with Crippen molar-refractivity contribution in [1.82, 2.24) is 25.6 Å². The zero-order valence-corrected chi connectivity index (χ0v) is 12.5. The van der Waals surface area contributed by atoms with Crippen molar-refractivity contribution >= 4 is 12.1 Å². The van der Waals surface area contributed by atoms with Crippen LogP contribution in [0.25, 0.3) is 11.4 Å². The number of nitrogens with one attached hydrogen (secondary N) is 1. The minimum Gasteiger partial charge on any atom is -0.271 e. The summed E-state index contributed by atoms with van der Waals surface area (Å²) >= 11 is 0. The van der Waals surface area contributed by atoms with Gasteiger partial charge in [0.05, 0.1) is 6.21 Å². The minimum absolute atomic E-state index is 0.144. The van der Waals surface area contributed by atoms with Crippen LogP contribution in [-0.4, -0.2) is 32.3 Å². The second-order valence-corrected chi connectivity index (χ2v) is 4.82. The highest BCUT2D eigenvalue weighted by Crippen LogP contribution is 2.11. The van der Waals surface area contributed by atoms with Crippen LogP contribution in [0.2, 0.25) is 0 Å². The van der Waals surface area contributed by atoms with Crippen LogP contribution in [-0.2, 0) is 11.3 Å². The highest BCUT2D eigenvalue weighted by atomic mass is 19.1. The number of halogens is 1. The first kappa shape index (κ1) is 15.5. The van der Waals surface area contributed by atoms with E-state index in [0.717, 1.165) is 10.4 Å². The summed E-state index contributed by atoms with van der Waals surface area (Å²) < 4.78 is 13.4. The van der Waals surface area contributed by atoms with Gasteiger partial charge >= 0.3 is 0 Å². The van der Waals surface area contributed by atoms with E-state index < -0.39 is 11.7 Å². The molecule has 24 heavy (non-hydrogen) atoms. The number of benzene rings is 2. The van der Waals surface area contributed by atoms with Crippen LogP contribution in [0.1, 0.15) is 5.56 Å². The highest BCUT2D eigenvalue weighted by Gasteiger charge is 2.08. The number of carbonyl (C=O) groups excluding carboxylic acids is 1. The summed E-state index contributed by atoms with van der Waals surface area (Å²) in [7, 11) is 0. The molecule has 3 rings (SSSR count). The van der Waals surface area contributed by atoms with Crippen molar-refractivity contribution in [1.29, 1.82) is 0 Å². The van der Waals surface area contributed by atoms with Crippen molar-refractivity contribution in [3.05, 3.63) is 66.0 Å². The van der Waals surface area contributed by atoms with Crippen LogP contribution in [0.4, 0.5) is 4.39 Å². The van der Waals surface area contributed by atoms with Gasteiger partial charge in [-0.2, -0.15) is 9.90 Å². The summed E-state index contributed by atoms with van der Waals surface area (Å²) in [5, 5.41) is 15.5. The van der Waals surface area contributed by atoms with E-state index in [2.05, 4.69) is 25.9 Å². The molecule has 0 spiro atoms. The zero-order valence-electron chi connectivity index (χ0n) is 12.5. The van der Waals surface area contributed by atoms with Gasteiger partial charge in [-0.1, -0.05) is 48.5 Å². The standard InChI is InChI=1S/C16H13FN6O/c17-14-9-5-4-8-13(14)10-18-19-15(24)11-23-21-16(20-22-23)12-6-2-1-3-7-12/h1-10H,11H2,(H,19,24)/b18-10+. The third-order valence-electron chi connectivity index (χ3n) is 3.07. The Balaban J connectivity index is 1.58. The van der Waals surface area contributed by atoms with Gasteiger partial charge < -0.3 is 0 Å². The Morgan fingerprint density at radius 3 is 2.71 bits per heavy atom. The van der Waals surface area contributed by atoms with E-state index in [4.69, 9.17) is 0 Å². The van der Waals surface area contributed by atoms with Crippen LogP contribution >= 0.6 is 0 Å². The second kappa shape index (κ2) is 7.23. The first-order valence-corrected chi connectivity index (χ1v) is 7.12. The maximum absolute atomic E-state index is 13.4. The average Bonchev–Trinajstić information content (AvgIpc) is 3.06. The van der Waals surface area contributed by atoms with E-state index in [9.17, 15) is 9.18 Å². The number of hydrazone groups is 1. The number of amides is 1. The van der Waals surface area contributed by atoms with Crippen molar-refractivity contribution in [3.8, 4) is 11.4 Å². The van der Waals surface area contributed by atoms with Gasteiger partial charge in [0.1, 0.15) is 12.4 Å². The SMILES string of the molecule is O=C(Cn1nnc(-c2ccccc2)n1)N/N=C/c1ccccc1F. The fourth-order valence-electron chi connectivity index (χ4n) is 1.93. The molecule has 0 aliphatic carbocycles. The summed E-state index contributed by atoms with van der Waals surface area (Å²) in [6.07, 6.45) is 1.23. The molecule has 0 atom stereocenters. The quantitative estimate of drug-likeness (QED) is 0.571. The molecule has 1 aromatic heterocycles. The molecule has 0 radical (unpaired) electrons. The Morgan fingerprint density at radius 2 is 1.92 bits per heavy atom. The molecular weight excluding hydrogens is 311 g/mol. The number of hydrogen-bond acceptors (Lipinski definition) is 5. The normalized spacial score (nSPS) is 10.9. The van der Waals surface area contributed by atoms with E-state index in [0.29, 0.717) is 5.82 Å². The van der Waals surface area contributed by atoms with Crippen LogP contribution in [0.3, 0.4) is 0 Å². The monoisotopic (exact) mass is 324 g/mol. The number of carbonyl (C=O) groups is 1. The van der Waals surface area contributed by atoms with Crippen LogP contribution in [0.15, 0.2) is 59.7 Å². The van der Waals surface area contributed by atoms with Gasteiger partial charge in [0.15, 0.2) is 0 Å².